The summed E-state index contributed by atoms with van der Waals surface area (Å²) < 4.78 is 17.0. The van der Waals surface area contributed by atoms with E-state index in [1.54, 1.807) is 0 Å². The topological polar surface area (TPSA) is 27.7 Å². The summed E-state index contributed by atoms with van der Waals surface area (Å²) in [5, 5.41) is 0. The smallest absolute Gasteiger partial charge is 0.125 e. The molecule has 1 aliphatic carbocycles. The standard InChI is InChI=1S/C13H22O3/c1-2-13(10-14-7-8-16-13)11-15-9-12-5-3-4-6-12/h9H,2-8,10-11H2,1H3. The van der Waals surface area contributed by atoms with E-state index in [0.717, 1.165) is 6.42 Å². The van der Waals surface area contributed by atoms with Crippen molar-refractivity contribution in [3.63, 3.8) is 0 Å². The minimum atomic E-state index is -0.214. The van der Waals surface area contributed by atoms with Crippen LogP contribution in [0.2, 0.25) is 0 Å². The summed E-state index contributed by atoms with van der Waals surface area (Å²) in [7, 11) is 0. The summed E-state index contributed by atoms with van der Waals surface area (Å²) in [5.41, 5.74) is 1.23. The Morgan fingerprint density at radius 1 is 1.31 bits per heavy atom. The normalized spacial score (nSPS) is 30.4. The molecule has 1 heterocycles. The van der Waals surface area contributed by atoms with Crippen molar-refractivity contribution in [3.8, 4) is 0 Å². The lowest BCUT2D eigenvalue weighted by Gasteiger charge is -2.35. The second-order valence-corrected chi connectivity index (χ2v) is 4.73. The predicted octanol–water partition coefficient (Wildman–Crippen LogP) is 2.66. The average molecular weight is 226 g/mol. The van der Waals surface area contributed by atoms with Crippen molar-refractivity contribution < 1.29 is 14.2 Å². The van der Waals surface area contributed by atoms with Crippen LogP contribution in [0.3, 0.4) is 0 Å². The number of allylic oxidation sites excluding steroid dienone is 1. The van der Waals surface area contributed by atoms with Gasteiger partial charge in [-0.2, -0.15) is 0 Å². The van der Waals surface area contributed by atoms with Crippen LogP contribution in [-0.4, -0.2) is 32.0 Å². The van der Waals surface area contributed by atoms with E-state index in [0.29, 0.717) is 26.4 Å². The van der Waals surface area contributed by atoms with E-state index in [4.69, 9.17) is 14.2 Å². The van der Waals surface area contributed by atoms with E-state index in [1.165, 1.54) is 31.3 Å². The number of rotatable bonds is 4. The van der Waals surface area contributed by atoms with Crippen LogP contribution in [0.25, 0.3) is 0 Å². The maximum absolute atomic E-state index is 5.80. The molecule has 0 radical (unpaired) electrons. The van der Waals surface area contributed by atoms with Crippen LogP contribution in [-0.2, 0) is 14.2 Å². The number of hydrogen-bond acceptors (Lipinski definition) is 3. The fraction of sp³-hybridized carbons (Fsp3) is 0.846. The highest BCUT2D eigenvalue weighted by atomic mass is 16.6. The molecule has 1 aliphatic heterocycles. The second-order valence-electron chi connectivity index (χ2n) is 4.73. The highest BCUT2D eigenvalue weighted by Crippen LogP contribution is 2.25. The summed E-state index contributed by atoms with van der Waals surface area (Å²) in [6.07, 6.45) is 7.92. The van der Waals surface area contributed by atoms with Gasteiger partial charge in [-0.3, -0.25) is 0 Å². The van der Waals surface area contributed by atoms with E-state index >= 15 is 0 Å². The predicted molar refractivity (Wildman–Crippen MR) is 62.3 cm³/mol. The van der Waals surface area contributed by atoms with Gasteiger partial charge in [0.2, 0.25) is 0 Å². The first-order valence-electron chi connectivity index (χ1n) is 6.36. The SMILES string of the molecule is CCC1(COC=C2CCCC2)COCCO1. The van der Waals surface area contributed by atoms with Crippen molar-refractivity contribution in [2.45, 2.75) is 44.6 Å². The number of hydrogen-bond donors (Lipinski definition) is 0. The van der Waals surface area contributed by atoms with Crippen LogP contribution in [0, 0.1) is 0 Å². The van der Waals surface area contributed by atoms with Gasteiger partial charge in [0.25, 0.3) is 0 Å². The van der Waals surface area contributed by atoms with Gasteiger partial charge < -0.3 is 14.2 Å². The Bertz CT molecular complexity index is 234. The molecule has 1 atom stereocenters. The Morgan fingerprint density at radius 2 is 2.12 bits per heavy atom. The first-order valence-corrected chi connectivity index (χ1v) is 6.36. The van der Waals surface area contributed by atoms with Crippen LogP contribution in [0.4, 0.5) is 0 Å². The molecule has 92 valence electrons. The molecule has 0 spiro atoms. The minimum absolute atomic E-state index is 0.214. The summed E-state index contributed by atoms with van der Waals surface area (Å²) in [6.45, 7) is 4.80. The van der Waals surface area contributed by atoms with Crippen molar-refractivity contribution in [3.05, 3.63) is 11.8 Å². The van der Waals surface area contributed by atoms with Crippen LogP contribution in [0.15, 0.2) is 11.8 Å². The van der Waals surface area contributed by atoms with Gasteiger partial charge >= 0.3 is 0 Å². The first-order chi connectivity index (χ1) is 7.85. The quantitative estimate of drug-likeness (QED) is 0.690. The molecule has 0 aromatic carbocycles. The zero-order valence-corrected chi connectivity index (χ0v) is 10.2. The van der Waals surface area contributed by atoms with Crippen LogP contribution >= 0.6 is 0 Å². The van der Waals surface area contributed by atoms with Crippen molar-refractivity contribution in [2.24, 2.45) is 0 Å². The molecular weight excluding hydrogens is 204 g/mol. The molecule has 0 aromatic rings. The Balaban J connectivity index is 1.79. The molecule has 2 aliphatic rings. The fourth-order valence-corrected chi connectivity index (χ4v) is 2.26. The third kappa shape index (κ3) is 2.98. The van der Waals surface area contributed by atoms with Gasteiger partial charge in [0, 0.05) is 0 Å². The lowest BCUT2D eigenvalue weighted by atomic mass is 10.0. The molecule has 0 N–H and O–H groups in total. The Kier molecular flexibility index (Phi) is 4.24. The van der Waals surface area contributed by atoms with E-state index in [-0.39, 0.29) is 5.60 Å². The van der Waals surface area contributed by atoms with Crippen molar-refractivity contribution in [1.82, 2.24) is 0 Å². The van der Waals surface area contributed by atoms with Crippen molar-refractivity contribution >= 4 is 0 Å². The van der Waals surface area contributed by atoms with Gasteiger partial charge in [0.1, 0.15) is 12.2 Å². The van der Waals surface area contributed by atoms with Gasteiger partial charge in [-0.15, -0.1) is 0 Å². The zero-order valence-electron chi connectivity index (χ0n) is 10.2. The van der Waals surface area contributed by atoms with E-state index in [9.17, 15) is 0 Å². The molecule has 2 rings (SSSR count). The molecule has 1 unspecified atom stereocenters. The van der Waals surface area contributed by atoms with Gasteiger partial charge in [-0.25, -0.2) is 0 Å². The monoisotopic (exact) mass is 226 g/mol. The second kappa shape index (κ2) is 5.69. The molecule has 0 amide bonds. The summed E-state index contributed by atoms with van der Waals surface area (Å²) in [4.78, 5) is 0. The van der Waals surface area contributed by atoms with Gasteiger partial charge in [-0.1, -0.05) is 6.92 Å². The molecule has 0 aromatic heterocycles. The highest BCUT2D eigenvalue weighted by Gasteiger charge is 2.33. The molecule has 16 heavy (non-hydrogen) atoms. The largest absolute Gasteiger partial charge is 0.498 e. The highest BCUT2D eigenvalue weighted by molar-refractivity contribution is 5.02. The molecule has 1 saturated heterocycles. The van der Waals surface area contributed by atoms with Gasteiger partial charge in [0.05, 0.1) is 26.1 Å². The fourth-order valence-electron chi connectivity index (χ4n) is 2.26. The van der Waals surface area contributed by atoms with E-state index in [2.05, 4.69) is 6.92 Å². The maximum Gasteiger partial charge on any atom is 0.125 e. The minimum Gasteiger partial charge on any atom is -0.498 e. The Morgan fingerprint density at radius 3 is 2.75 bits per heavy atom. The molecule has 3 heteroatoms. The molecule has 2 fully saturated rings. The maximum atomic E-state index is 5.80. The molecule has 3 nitrogen and oxygen atoms in total. The molecule has 1 saturated carbocycles. The summed E-state index contributed by atoms with van der Waals surface area (Å²) in [6, 6.07) is 0. The summed E-state index contributed by atoms with van der Waals surface area (Å²) >= 11 is 0. The van der Waals surface area contributed by atoms with Gasteiger partial charge in [-0.05, 0) is 37.7 Å². The van der Waals surface area contributed by atoms with Crippen LogP contribution in [0.5, 0.6) is 0 Å². The summed E-state index contributed by atoms with van der Waals surface area (Å²) in [5.74, 6) is 0. The Hall–Kier alpha value is -0.540. The van der Waals surface area contributed by atoms with Gasteiger partial charge in [0.15, 0.2) is 0 Å². The van der Waals surface area contributed by atoms with Crippen LogP contribution < -0.4 is 0 Å². The van der Waals surface area contributed by atoms with E-state index in [1.807, 2.05) is 6.26 Å². The Labute approximate surface area is 97.8 Å². The third-order valence-electron chi connectivity index (χ3n) is 3.49. The third-order valence-corrected chi connectivity index (χ3v) is 3.49. The van der Waals surface area contributed by atoms with Crippen molar-refractivity contribution in [2.75, 3.05) is 26.4 Å². The average Bonchev–Trinajstić information content (AvgIpc) is 2.83. The number of ether oxygens (including phenoxy) is 3. The molecule has 0 bridgehead atoms. The lowest BCUT2D eigenvalue weighted by molar-refractivity contribution is -0.177. The van der Waals surface area contributed by atoms with Crippen molar-refractivity contribution in [1.29, 1.82) is 0 Å². The van der Waals surface area contributed by atoms with E-state index < -0.39 is 0 Å². The lowest BCUT2D eigenvalue weighted by Crippen LogP contribution is -2.46. The molecular formula is C13H22O3. The van der Waals surface area contributed by atoms with Crippen LogP contribution in [0.1, 0.15) is 39.0 Å². The first kappa shape index (κ1) is 11.9. The zero-order chi connectivity index (χ0) is 11.3.